The summed E-state index contributed by atoms with van der Waals surface area (Å²) in [4.78, 5) is 17.7. The van der Waals surface area contributed by atoms with Crippen molar-refractivity contribution < 1.29 is 4.79 Å². The van der Waals surface area contributed by atoms with Crippen molar-refractivity contribution in [1.82, 2.24) is 9.88 Å². The van der Waals surface area contributed by atoms with Crippen LogP contribution < -0.4 is 0 Å². The highest BCUT2D eigenvalue weighted by Crippen LogP contribution is 2.26. The third kappa shape index (κ3) is 2.33. The molecule has 1 aromatic carbocycles. The van der Waals surface area contributed by atoms with E-state index in [1.54, 1.807) is 0 Å². The van der Waals surface area contributed by atoms with Crippen molar-refractivity contribution in [3.63, 3.8) is 0 Å². The van der Waals surface area contributed by atoms with Crippen molar-refractivity contribution in [3.05, 3.63) is 36.0 Å². The van der Waals surface area contributed by atoms with Crippen LogP contribution in [-0.4, -0.2) is 28.4 Å². The molecule has 0 spiro atoms. The van der Waals surface area contributed by atoms with Gasteiger partial charge in [-0.2, -0.15) is 0 Å². The number of carbonyl (C=O) groups is 1. The second-order valence-electron chi connectivity index (χ2n) is 6.05. The first-order valence-electron chi connectivity index (χ1n) is 7.52. The molecule has 20 heavy (non-hydrogen) atoms. The molecule has 1 saturated heterocycles. The first-order chi connectivity index (χ1) is 9.66. The summed E-state index contributed by atoms with van der Waals surface area (Å²) in [7, 11) is 0. The molecule has 1 aliphatic rings. The molecule has 2 aromatic rings. The maximum Gasteiger partial charge on any atom is 0.225 e. The summed E-state index contributed by atoms with van der Waals surface area (Å²) >= 11 is 0. The lowest BCUT2D eigenvalue weighted by Gasteiger charge is -2.26. The van der Waals surface area contributed by atoms with Crippen LogP contribution in [0.5, 0.6) is 0 Å². The molecule has 0 saturated carbocycles. The van der Waals surface area contributed by atoms with E-state index in [-0.39, 0.29) is 5.92 Å². The lowest BCUT2D eigenvalue weighted by molar-refractivity contribution is -0.135. The van der Waals surface area contributed by atoms with E-state index < -0.39 is 0 Å². The third-order valence-corrected chi connectivity index (χ3v) is 4.28. The first-order valence-corrected chi connectivity index (χ1v) is 7.52. The molecular formula is C17H22N2O. The molecule has 3 nitrogen and oxygen atoms in total. The molecule has 1 aliphatic heterocycles. The first kappa shape index (κ1) is 13.2. The second-order valence-corrected chi connectivity index (χ2v) is 6.05. The summed E-state index contributed by atoms with van der Waals surface area (Å²) in [5, 5.41) is 1.29. The minimum atomic E-state index is 0.0959. The van der Waals surface area contributed by atoms with Gasteiger partial charge in [-0.3, -0.25) is 4.79 Å². The van der Waals surface area contributed by atoms with E-state index in [2.05, 4.69) is 34.3 Å². The van der Waals surface area contributed by atoms with E-state index >= 15 is 0 Å². The zero-order valence-corrected chi connectivity index (χ0v) is 12.2. The van der Waals surface area contributed by atoms with Crippen LogP contribution in [0.1, 0.15) is 32.3 Å². The molecule has 2 heterocycles. The largest absolute Gasteiger partial charge is 0.361 e. The van der Waals surface area contributed by atoms with Crippen LogP contribution in [0.25, 0.3) is 10.9 Å². The lowest BCUT2D eigenvalue weighted by atomic mass is 10.0. The van der Waals surface area contributed by atoms with Crippen molar-refractivity contribution in [2.75, 3.05) is 6.54 Å². The van der Waals surface area contributed by atoms with Crippen molar-refractivity contribution in [3.8, 4) is 0 Å². The maximum absolute atomic E-state index is 12.3. The van der Waals surface area contributed by atoms with Gasteiger partial charge >= 0.3 is 0 Å². The zero-order valence-electron chi connectivity index (χ0n) is 12.2. The average Bonchev–Trinajstić information content (AvgIpc) is 3.06. The van der Waals surface area contributed by atoms with Gasteiger partial charge in [-0.1, -0.05) is 32.0 Å². The molecule has 1 unspecified atom stereocenters. The van der Waals surface area contributed by atoms with Gasteiger partial charge in [-0.05, 0) is 30.9 Å². The van der Waals surface area contributed by atoms with Crippen LogP contribution in [0.2, 0.25) is 0 Å². The van der Waals surface area contributed by atoms with Crippen molar-refractivity contribution in [2.45, 2.75) is 39.2 Å². The molecule has 0 radical (unpaired) electrons. The molecule has 1 aromatic heterocycles. The summed E-state index contributed by atoms with van der Waals surface area (Å²) in [6.07, 6.45) is 5.31. The predicted octanol–water partition coefficient (Wildman–Crippen LogP) is 3.36. The number of amides is 1. The van der Waals surface area contributed by atoms with Gasteiger partial charge < -0.3 is 9.88 Å². The second kappa shape index (κ2) is 5.31. The van der Waals surface area contributed by atoms with Gasteiger partial charge in [0.25, 0.3) is 0 Å². The fourth-order valence-electron chi connectivity index (χ4n) is 3.22. The number of aromatic nitrogens is 1. The molecule has 1 N–H and O–H groups in total. The number of hydrogen-bond donors (Lipinski definition) is 1. The molecule has 3 rings (SSSR count). The molecule has 1 amide bonds. The minimum absolute atomic E-state index is 0.0959. The van der Waals surface area contributed by atoms with Crippen LogP contribution in [0, 0.1) is 5.92 Å². The Labute approximate surface area is 120 Å². The number of rotatable bonds is 3. The Bertz CT molecular complexity index is 614. The lowest BCUT2D eigenvalue weighted by Crippen LogP contribution is -2.39. The smallest absolute Gasteiger partial charge is 0.225 e. The van der Waals surface area contributed by atoms with Crippen LogP contribution in [-0.2, 0) is 11.2 Å². The zero-order chi connectivity index (χ0) is 14.1. The van der Waals surface area contributed by atoms with Gasteiger partial charge in [0.15, 0.2) is 0 Å². The predicted molar refractivity (Wildman–Crippen MR) is 81.6 cm³/mol. The van der Waals surface area contributed by atoms with Crippen molar-refractivity contribution >= 4 is 16.8 Å². The van der Waals surface area contributed by atoms with E-state index in [9.17, 15) is 4.79 Å². The van der Waals surface area contributed by atoms with Gasteiger partial charge in [0, 0.05) is 35.6 Å². The van der Waals surface area contributed by atoms with Gasteiger partial charge in [0.2, 0.25) is 5.91 Å². The Morgan fingerprint density at radius 3 is 3.00 bits per heavy atom. The Hall–Kier alpha value is -1.77. The van der Waals surface area contributed by atoms with Crippen molar-refractivity contribution in [1.29, 1.82) is 0 Å². The SMILES string of the molecule is CC(C)C(=O)N1CCCC1Cc1c[nH]c2ccccc12. The highest BCUT2D eigenvalue weighted by molar-refractivity contribution is 5.83. The fraction of sp³-hybridized carbons (Fsp3) is 0.471. The Morgan fingerprint density at radius 1 is 1.40 bits per heavy atom. The van der Waals surface area contributed by atoms with E-state index in [0.717, 1.165) is 25.8 Å². The number of aromatic amines is 1. The number of nitrogens with one attached hydrogen (secondary N) is 1. The van der Waals surface area contributed by atoms with E-state index in [1.807, 2.05) is 19.9 Å². The van der Waals surface area contributed by atoms with Crippen LogP contribution in [0.3, 0.4) is 0 Å². The van der Waals surface area contributed by atoms with E-state index in [4.69, 9.17) is 0 Å². The number of likely N-dealkylation sites (tertiary alicyclic amines) is 1. The molecule has 0 bridgehead atoms. The van der Waals surface area contributed by atoms with Gasteiger partial charge in [0.05, 0.1) is 0 Å². The maximum atomic E-state index is 12.3. The summed E-state index contributed by atoms with van der Waals surface area (Å²) in [6, 6.07) is 8.75. The van der Waals surface area contributed by atoms with Crippen molar-refractivity contribution in [2.24, 2.45) is 5.92 Å². The summed E-state index contributed by atoms with van der Waals surface area (Å²) < 4.78 is 0. The third-order valence-electron chi connectivity index (χ3n) is 4.28. The molecule has 1 fully saturated rings. The number of fused-ring (bicyclic) bond motifs is 1. The van der Waals surface area contributed by atoms with Gasteiger partial charge in [0.1, 0.15) is 0 Å². The quantitative estimate of drug-likeness (QED) is 0.912. The molecule has 3 heteroatoms. The highest BCUT2D eigenvalue weighted by Gasteiger charge is 2.30. The van der Waals surface area contributed by atoms with E-state index in [0.29, 0.717) is 11.9 Å². The average molecular weight is 270 g/mol. The summed E-state index contributed by atoms with van der Waals surface area (Å²) in [5.41, 5.74) is 2.51. The summed E-state index contributed by atoms with van der Waals surface area (Å²) in [6.45, 7) is 4.90. The number of para-hydroxylation sites is 1. The highest BCUT2D eigenvalue weighted by atomic mass is 16.2. The standard InChI is InChI=1S/C17H22N2O/c1-12(2)17(20)19-9-5-6-14(19)10-13-11-18-16-8-4-3-7-15(13)16/h3-4,7-8,11-12,14,18H,5-6,9-10H2,1-2H3. The monoisotopic (exact) mass is 270 g/mol. The fourth-order valence-corrected chi connectivity index (χ4v) is 3.22. The van der Waals surface area contributed by atoms with Gasteiger partial charge in [-0.25, -0.2) is 0 Å². The Morgan fingerprint density at radius 2 is 2.20 bits per heavy atom. The Kier molecular flexibility index (Phi) is 3.51. The number of H-pyrrole nitrogens is 1. The Balaban J connectivity index is 1.81. The topological polar surface area (TPSA) is 36.1 Å². The molecular weight excluding hydrogens is 248 g/mol. The number of benzene rings is 1. The number of hydrogen-bond acceptors (Lipinski definition) is 1. The molecule has 0 aliphatic carbocycles. The number of carbonyl (C=O) groups excluding carboxylic acids is 1. The number of nitrogens with zero attached hydrogens (tertiary/aromatic N) is 1. The minimum Gasteiger partial charge on any atom is -0.361 e. The molecule has 106 valence electrons. The molecule has 1 atom stereocenters. The van der Waals surface area contributed by atoms with Crippen LogP contribution in [0.15, 0.2) is 30.5 Å². The van der Waals surface area contributed by atoms with E-state index in [1.165, 1.54) is 16.5 Å². The van der Waals surface area contributed by atoms with Crippen LogP contribution in [0.4, 0.5) is 0 Å². The normalized spacial score (nSPS) is 19.1. The summed E-state index contributed by atoms with van der Waals surface area (Å²) in [5.74, 6) is 0.394. The van der Waals surface area contributed by atoms with Crippen LogP contribution >= 0.6 is 0 Å². The van der Waals surface area contributed by atoms with Gasteiger partial charge in [-0.15, -0.1) is 0 Å².